The van der Waals surface area contributed by atoms with Crippen LogP contribution in [0.3, 0.4) is 0 Å². The van der Waals surface area contributed by atoms with Crippen molar-refractivity contribution >= 4 is 21.8 Å². The fraction of sp³-hybridized carbons (Fsp3) is 0.667. The quantitative estimate of drug-likeness (QED) is 0.739. The summed E-state index contributed by atoms with van der Waals surface area (Å²) in [6.07, 6.45) is 3.08. The molecule has 1 saturated carbocycles. The summed E-state index contributed by atoms with van der Waals surface area (Å²) in [6, 6.07) is 0.680. The van der Waals surface area contributed by atoms with E-state index in [0.717, 1.165) is 11.0 Å². The molecule has 0 saturated heterocycles. The van der Waals surface area contributed by atoms with Crippen molar-refractivity contribution in [2.75, 3.05) is 13.1 Å². The van der Waals surface area contributed by atoms with Gasteiger partial charge in [0.15, 0.2) is 0 Å². The Morgan fingerprint density at radius 2 is 2.23 bits per heavy atom. The fourth-order valence-corrected chi connectivity index (χ4v) is 1.10. The maximum atomic E-state index is 11.1. The lowest BCUT2D eigenvalue weighted by atomic mass is 10.4. The minimum absolute atomic E-state index is 0.0775. The van der Waals surface area contributed by atoms with Gasteiger partial charge in [-0.05, 0) is 12.8 Å². The molecule has 0 spiro atoms. The highest BCUT2D eigenvalue weighted by molar-refractivity contribution is 9.11. The lowest BCUT2D eigenvalue weighted by Gasteiger charge is -2.04. The summed E-state index contributed by atoms with van der Waals surface area (Å²) in [5, 5.41) is 6.03. The van der Waals surface area contributed by atoms with Gasteiger partial charge in [0.05, 0.1) is 0 Å². The molecule has 1 aliphatic rings. The Kier molecular flexibility index (Phi) is 4.45. The number of hydrogen-bond donors (Lipinski definition) is 2. The van der Waals surface area contributed by atoms with Gasteiger partial charge >= 0.3 is 0 Å². The zero-order valence-electron chi connectivity index (χ0n) is 7.61. The fourth-order valence-electron chi connectivity index (χ4n) is 0.960. The van der Waals surface area contributed by atoms with Crippen LogP contribution in [-0.4, -0.2) is 25.0 Å². The minimum Gasteiger partial charge on any atom is -0.351 e. The monoisotopic (exact) mass is 246 g/mol. The van der Waals surface area contributed by atoms with Crippen molar-refractivity contribution in [2.45, 2.75) is 25.3 Å². The molecule has 13 heavy (non-hydrogen) atoms. The summed E-state index contributed by atoms with van der Waals surface area (Å²) in [4.78, 5) is 11.1. The van der Waals surface area contributed by atoms with Gasteiger partial charge in [0, 0.05) is 30.0 Å². The minimum atomic E-state index is 0.0775. The molecule has 0 unspecified atom stereocenters. The number of amides is 1. The van der Waals surface area contributed by atoms with Crippen LogP contribution in [0.25, 0.3) is 0 Å². The number of hydrogen-bond acceptors (Lipinski definition) is 2. The summed E-state index contributed by atoms with van der Waals surface area (Å²) < 4.78 is 0.802. The number of nitrogens with one attached hydrogen (secondary N) is 2. The summed E-state index contributed by atoms with van der Waals surface area (Å²) in [6.45, 7) is 4.93. The van der Waals surface area contributed by atoms with Gasteiger partial charge < -0.3 is 10.6 Å². The van der Waals surface area contributed by atoms with E-state index < -0.39 is 0 Å². The maximum absolute atomic E-state index is 11.1. The van der Waals surface area contributed by atoms with E-state index in [9.17, 15) is 4.79 Å². The van der Waals surface area contributed by atoms with Crippen molar-refractivity contribution in [3.8, 4) is 0 Å². The van der Waals surface area contributed by atoms with Crippen LogP contribution in [0.2, 0.25) is 0 Å². The molecule has 0 aliphatic heterocycles. The Bertz CT molecular complexity index is 202. The Labute approximate surface area is 87.1 Å². The SMILES string of the molecule is C=C(Br)CNC(=O)CCNC1CC1. The molecule has 0 heterocycles. The molecule has 0 radical (unpaired) electrons. The zero-order valence-corrected chi connectivity index (χ0v) is 9.19. The molecule has 3 nitrogen and oxygen atoms in total. The topological polar surface area (TPSA) is 41.1 Å². The predicted molar refractivity (Wildman–Crippen MR) is 56.7 cm³/mol. The molecule has 0 atom stereocenters. The number of carbonyl (C=O) groups is 1. The Morgan fingerprint density at radius 1 is 1.54 bits per heavy atom. The van der Waals surface area contributed by atoms with Gasteiger partial charge in [-0.3, -0.25) is 4.79 Å². The number of rotatable bonds is 6. The van der Waals surface area contributed by atoms with Gasteiger partial charge in [-0.2, -0.15) is 0 Å². The second-order valence-electron chi connectivity index (χ2n) is 3.27. The second-order valence-corrected chi connectivity index (χ2v) is 4.39. The Hall–Kier alpha value is -0.350. The molecule has 2 N–H and O–H groups in total. The van der Waals surface area contributed by atoms with Crippen molar-refractivity contribution in [3.05, 3.63) is 11.1 Å². The van der Waals surface area contributed by atoms with Crippen LogP contribution in [0.1, 0.15) is 19.3 Å². The first-order valence-corrected chi connectivity index (χ1v) is 5.31. The Morgan fingerprint density at radius 3 is 2.77 bits per heavy atom. The van der Waals surface area contributed by atoms with Crippen molar-refractivity contribution in [1.82, 2.24) is 10.6 Å². The zero-order chi connectivity index (χ0) is 9.68. The summed E-state index contributed by atoms with van der Waals surface area (Å²) in [7, 11) is 0. The second kappa shape index (κ2) is 5.40. The van der Waals surface area contributed by atoms with Crippen LogP contribution in [-0.2, 0) is 4.79 Å². The van der Waals surface area contributed by atoms with Crippen LogP contribution < -0.4 is 10.6 Å². The molecule has 4 heteroatoms. The van der Waals surface area contributed by atoms with Gasteiger partial charge in [0.1, 0.15) is 0 Å². The molecule has 0 aromatic heterocycles. The summed E-state index contributed by atoms with van der Waals surface area (Å²) in [5.41, 5.74) is 0. The first-order valence-electron chi connectivity index (χ1n) is 4.52. The average Bonchev–Trinajstić information content (AvgIpc) is 2.84. The largest absolute Gasteiger partial charge is 0.351 e. The van der Waals surface area contributed by atoms with Crippen LogP contribution in [0.15, 0.2) is 11.1 Å². The third-order valence-electron chi connectivity index (χ3n) is 1.84. The van der Waals surface area contributed by atoms with E-state index in [0.29, 0.717) is 19.0 Å². The smallest absolute Gasteiger partial charge is 0.221 e. The number of halogens is 1. The lowest BCUT2D eigenvalue weighted by Crippen LogP contribution is -2.29. The molecular formula is C9H15BrN2O. The van der Waals surface area contributed by atoms with Crippen molar-refractivity contribution in [2.24, 2.45) is 0 Å². The first kappa shape index (κ1) is 10.7. The molecule has 1 rings (SSSR count). The van der Waals surface area contributed by atoms with Crippen LogP contribution >= 0.6 is 15.9 Å². The van der Waals surface area contributed by atoms with Gasteiger partial charge in [-0.1, -0.05) is 22.5 Å². The standard InChI is InChI=1S/C9H15BrN2O/c1-7(10)6-12-9(13)4-5-11-8-2-3-8/h8,11H,1-6H2,(H,12,13). The molecule has 0 aromatic carbocycles. The molecule has 1 fully saturated rings. The number of carbonyl (C=O) groups excluding carboxylic acids is 1. The van der Waals surface area contributed by atoms with Gasteiger partial charge in [-0.25, -0.2) is 0 Å². The normalized spacial score (nSPS) is 15.5. The van der Waals surface area contributed by atoms with E-state index in [1.54, 1.807) is 0 Å². The molecule has 74 valence electrons. The maximum Gasteiger partial charge on any atom is 0.221 e. The van der Waals surface area contributed by atoms with Gasteiger partial charge in [-0.15, -0.1) is 0 Å². The molecule has 0 bridgehead atoms. The third-order valence-corrected chi connectivity index (χ3v) is 2.12. The van der Waals surface area contributed by atoms with E-state index >= 15 is 0 Å². The van der Waals surface area contributed by atoms with E-state index in [-0.39, 0.29) is 5.91 Å². The Balaban J connectivity index is 1.93. The van der Waals surface area contributed by atoms with E-state index in [4.69, 9.17) is 0 Å². The third kappa shape index (κ3) is 5.82. The van der Waals surface area contributed by atoms with Crippen molar-refractivity contribution in [3.63, 3.8) is 0 Å². The van der Waals surface area contributed by atoms with Crippen molar-refractivity contribution < 1.29 is 4.79 Å². The average molecular weight is 247 g/mol. The lowest BCUT2D eigenvalue weighted by molar-refractivity contribution is -0.120. The summed E-state index contributed by atoms with van der Waals surface area (Å²) >= 11 is 3.18. The highest BCUT2D eigenvalue weighted by Crippen LogP contribution is 2.18. The van der Waals surface area contributed by atoms with E-state index in [1.165, 1.54) is 12.8 Å². The van der Waals surface area contributed by atoms with Crippen LogP contribution in [0.5, 0.6) is 0 Å². The predicted octanol–water partition coefficient (Wildman–Crippen LogP) is 1.15. The first-order chi connectivity index (χ1) is 6.18. The molecule has 0 aromatic rings. The van der Waals surface area contributed by atoms with E-state index in [1.807, 2.05) is 0 Å². The molecular weight excluding hydrogens is 232 g/mol. The van der Waals surface area contributed by atoms with E-state index in [2.05, 4.69) is 33.1 Å². The highest BCUT2D eigenvalue weighted by Gasteiger charge is 2.19. The van der Waals surface area contributed by atoms with Gasteiger partial charge in [0.2, 0.25) is 5.91 Å². The molecule has 1 aliphatic carbocycles. The molecule has 1 amide bonds. The summed E-state index contributed by atoms with van der Waals surface area (Å²) in [5.74, 6) is 0.0775. The van der Waals surface area contributed by atoms with Crippen LogP contribution in [0.4, 0.5) is 0 Å². The van der Waals surface area contributed by atoms with Crippen molar-refractivity contribution in [1.29, 1.82) is 0 Å². The highest BCUT2D eigenvalue weighted by atomic mass is 79.9. The van der Waals surface area contributed by atoms with Crippen LogP contribution in [0, 0.1) is 0 Å². The van der Waals surface area contributed by atoms with Gasteiger partial charge in [0.25, 0.3) is 0 Å².